The molecule has 0 radical (unpaired) electrons. The van der Waals surface area contributed by atoms with Gasteiger partial charge >= 0.3 is 0 Å². The number of phenols is 1. The number of benzene rings is 1. The van der Waals surface area contributed by atoms with Gasteiger partial charge in [0.2, 0.25) is 0 Å². The van der Waals surface area contributed by atoms with E-state index in [4.69, 9.17) is 5.84 Å². The third-order valence-electron chi connectivity index (χ3n) is 1.50. The van der Waals surface area contributed by atoms with E-state index in [1.54, 1.807) is 0 Å². The van der Waals surface area contributed by atoms with Crippen molar-refractivity contribution in [2.75, 3.05) is 0 Å². The van der Waals surface area contributed by atoms with Crippen LogP contribution >= 0.6 is 15.9 Å². The van der Waals surface area contributed by atoms with Gasteiger partial charge in [0.05, 0.1) is 15.6 Å². The molecule has 0 aliphatic heterocycles. The first-order valence-corrected chi connectivity index (χ1v) is 4.25. The van der Waals surface area contributed by atoms with Gasteiger partial charge in [-0.05, 0) is 15.9 Å². The van der Waals surface area contributed by atoms with E-state index in [0.717, 1.165) is 6.21 Å². The van der Waals surface area contributed by atoms with Crippen LogP contribution in [-0.4, -0.2) is 16.2 Å². The van der Waals surface area contributed by atoms with Crippen LogP contribution in [0.1, 0.15) is 5.56 Å². The first kappa shape index (κ1) is 10.5. The fraction of sp³-hybridized carbons (Fsp3) is 0. The van der Waals surface area contributed by atoms with Crippen molar-refractivity contribution in [2.45, 2.75) is 0 Å². The van der Waals surface area contributed by atoms with Gasteiger partial charge in [0.25, 0.3) is 5.69 Å². The van der Waals surface area contributed by atoms with E-state index >= 15 is 0 Å². The number of halogens is 1. The molecule has 7 heteroatoms. The lowest BCUT2D eigenvalue weighted by Gasteiger charge is -2.00. The molecule has 1 rings (SSSR count). The topological polar surface area (TPSA) is 102 Å². The van der Waals surface area contributed by atoms with Gasteiger partial charge in [0, 0.05) is 17.7 Å². The van der Waals surface area contributed by atoms with Crippen LogP contribution < -0.4 is 5.84 Å². The minimum atomic E-state index is -0.571. The zero-order chi connectivity index (χ0) is 10.7. The molecule has 1 aromatic rings. The molecule has 14 heavy (non-hydrogen) atoms. The van der Waals surface area contributed by atoms with Crippen LogP contribution in [0.25, 0.3) is 0 Å². The molecule has 0 unspecified atom stereocenters. The maximum atomic E-state index is 10.4. The molecule has 0 amide bonds. The quantitative estimate of drug-likeness (QED) is 0.362. The minimum absolute atomic E-state index is 0.134. The molecule has 0 aromatic heterocycles. The van der Waals surface area contributed by atoms with Gasteiger partial charge in [-0.3, -0.25) is 10.1 Å². The Morgan fingerprint density at radius 3 is 2.79 bits per heavy atom. The summed E-state index contributed by atoms with van der Waals surface area (Å²) in [4.78, 5) is 9.88. The van der Waals surface area contributed by atoms with E-state index in [2.05, 4.69) is 21.0 Å². The number of nitrogens with zero attached hydrogens (tertiary/aromatic N) is 2. The number of hydrazone groups is 1. The predicted molar refractivity (Wildman–Crippen MR) is 54.2 cm³/mol. The van der Waals surface area contributed by atoms with Crippen LogP contribution in [0.2, 0.25) is 0 Å². The maximum Gasteiger partial charge on any atom is 0.271 e. The Morgan fingerprint density at radius 2 is 2.29 bits per heavy atom. The van der Waals surface area contributed by atoms with Crippen molar-refractivity contribution in [3.05, 3.63) is 32.3 Å². The lowest BCUT2D eigenvalue weighted by Crippen LogP contribution is -1.93. The van der Waals surface area contributed by atoms with E-state index in [0.29, 0.717) is 0 Å². The molecule has 0 bridgehead atoms. The molecule has 1 aromatic carbocycles. The molecule has 0 heterocycles. The van der Waals surface area contributed by atoms with Gasteiger partial charge < -0.3 is 10.9 Å². The van der Waals surface area contributed by atoms with Crippen LogP contribution in [0, 0.1) is 10.1 Å². The summed E-state index contributed by atoms with van der Waals surface area (Å²) in [5.41, 5.74) is 0.0400. The van der Waals surface area contributed by atoms with Gasteiger partial charge in [0.15, 0.2) is 0 Å². The number of nitro benzene ring substituents is 1. The highest BCUT2D eigenvalue weighted by atomic mass is 79.9. The van der Waals surface area contributed by atoms with Crippen molar-refractivity contribution in [2.24, 2.45) is 10.9 Å². The summed E-state index contributed by atoms with van der Waals surface area (Å²) < 4.78 is 0.224. The maximum absolute atomic E-state index is 10.4. The number of nitrogens with two attached hydrogens (primary N) is 1. The Hall–Kier alpha value is -1.63. The SMILES string of the molecule is NN=Cc1cc([N+](=O)[O-])cc(Br)c1O. The molecular formula is C7H6BrN3O3. The first-order valence-electron chi connectivity index (χ1n) is 3.46. The molecule has 0 aliphatic rings. The summed E-state index contributed by atoms with van der Waals surface area (Å²) >= 11 is 2.98. The van der Waals surface area contributed by atoms with Gasteiger partial charge in [-0.15, -0.1) is 0 Å². The number of hydrogen-bond donors (Lipinski definition) is 2. The number of phenolic OH excluding ortho intramolecular Hbond substituents is 1. The highest BCUT2D eigenvalue weighted by molar-refractivity contribution is 9.10. The number of hydrogen-bond acceptors (Lipinski definition) is 5. The van der Waals surface area contributed by atoms with Gasteiger partial charge in [-0.1, -0.05) is 0 Å². The summed E-state index contributed by atoms with van der Waals surface area (Å²) in [6.07, 6.45) is 1.13. The van der Waals surface area contributed by atoms with Crippen molar-refractivity contribution < 1.29 is 10.0 Å². The monoisotopic (exact) mass is 259 g/mol. The molecule has 6 nitrogen and oxygen atoms in total. The molecule has 3 N–H and O–H groups in total. The zero-order valence-electron chi connectivity index (χ0n) is 6.85. The Bertz CT molecular complexity index is 405. The van der Waals surface area contributed by atoms with Gasteiger partial charge in [-0.25, -0.2) is 0 Å². The average Bonchev–Trinajstić information content (AvgIpc) is 2.12. The van der Waals surface area contributed by atoms with E-state index in [1.165, 1.54) is 12.1 Å². The molecule has 0 spiro atoms. The highest BCUT2D eigenvalue weighted by Crippen LogP contribution is 2.31. The van der Waals surface area contributed by atoms with Crippen molar-refractivity contribution in [1.29, 1.82) is 0 Å². The van der Waals surface area contributed by atoms with E-state index in [-0.39, 0.29) is 21.5 Å². The highest BCUT2D eigenvalue weighted by Gasteiger charge is 2.13. The Balaban J connectivity index is 3.35. The minimum Gasteiger partial charge on any atom is -0.506 e. The van der Waals surface area contributed by atoms with Crippen LogP contribution in [0.15, 0.2) is 21.7 Å². The summed E-state index contributed by atoms with van der Waals surface area (Å²) in [6, 6.07) is 2.37. The van der Waals surface area contributed by atoms with Gasteiger partial charge in [-0.2, -0.15) is 5.10 Å². The molecule has 0 saturated heterocycles. The van der Waals surface area contributed by atoms with Crippen LogP contribution in [0.4, 0.5) is 5.69 Å². The summed E-state index contributed by atoms with van der Waals surface area (Å²) in [5.74, 6) is 4.74. The lowest BCUT2D eigenvalue weighted by atomic mass is 10.2. The second-order valence-corrected chi connectivity index (χ2v) is 3.26. The van der Waals surface area contributed by atoms with Crippen molar-refractivity contribution in [3.8, 4) is 5.75 Å². The second kappa shape index (κ2) is 4.05. The molecule has 74 valence electrons. The van der Waals surface area contributed by atoms with Crippen LogP contribution in [-0.2, 0) is 0 Å². The van der Waals surface area contributed by atoms with Gasteiger partial charge in [0.1, 0.15) is 5.75 Å². The standard InChI is InChI=1S/C7H6BrN3O3/c8-6-2-5(11(13)14)1-4(3-10-9)7(6)12/h1-3,12H,9H2. The fourth-order valence-electron chi connectivity index (χ4n) is 0.890. The smallest absolute Gasteiger partial charge is 0.271 e. The fourth-order valence-corrected chi connectivity index (χ4v) is 1.35. The van der Waals surface area contributed by atoms with E-state index < -0.39 is 4.92 Å². The number of aromatic hydroxyl groups is 1. The summed E-state index contributed by atoms with van der Waals surface area (Å²) in [7, 11) is 0. The second-order valence-electron chi connectivity index (χ2n) is 2.40. The van der Waals surface area contributed by atoms with Crippen molar-refractivity contribution in [1.82, 2.24) is 0 Å². The molecular weight excluding hydrogens is 254 g/mol. The third-order valence-corrected chi connectivity index (χ3v) is 2.11. The Kier molecular flexibility index (Phi) is 3.03. The summed E-state index contributed by atoms with van der Waals surface area (Å²) in [6.45, 7) is 0. The van der Waals surface area contributed by atoms with Crippen LogP contribution in [0.3, 0.4) is 0 Å². The zero-order valence-corrected chi connectivity index (χ0v) is 8.43. The molecule has 0 aliphatic carbocycles. The largest absolute Gasteiger partial charge is 0.506 e. The Labute approximate surface area is 87.3 Å². The molecule has 0 fully saturated rings. The van der Waals surface area contributed by atoms with Crippen LogP contribution in [0.5, 0.6) is 5.75 Å². The first-order chi connectivity index (χ1) is 6.56. The average molecular weight is 260 g/mol. The lowest BCUT2D eigenvalue weighted by molar-refractivity contribution is -0.385. The number of nitro groups is 1. The normalized spacial score (nSPS) is 10.6. The van der Waals surface area contributed by atoms with E-state index in [1.807, 2.05) is 0 Å². The number of rotatable bonds is 2. The van der Waals surface area contributed by atoms with Crippen molar-refractivity contribution >= 4 is 27.8 Å². The third kappa shape index (κ3) is 1.99. The predicted octanol–water partition coefficient (Wildman–Crippen LogP) is 1.36. The van der Waals surface area contributed by atoms with Crippen molar-refractivity contribution in [3.63, 3.8) is 0 Å². The molecule has 0 saturated carbocycles. The molecule has 0 atom stereocenters. The Morgan fingerprint density at radius 1 is 1.64 bits per heavy atom. The number of non-ortho nitro benzene ring substituents is 1. The summed E-state index contributed by atoms with van der Waals surface area (Å²) in [5, 5.41) is 23.0. The van der Waals surface area contributed by atoms with E-state index in [9.17, 15) is 15.2 Å².